The molecule has 22 heavy (non-hydrogen) atoms. The van der Waals surface area contributed by atoms with E-state index in [1.165, 1.54) is 12.5 Å². The van der Waals surface area contributed by atoms with Crippen molar-refractivity contribution in [2.45, 2.75) is 32.1 Å². The molecule has 6 heteroatoms. The Balaban J connectivity index is 1.88. The number of carbonyl (C=O) groups is 2. The highest BCUT2D eigenvalue weighted by Gasteiger charge is 2.17. The number of hydrogen-bond donors (Lipinski definition) is 1. The van der Waals surface area contributed by atoms with Crippen LogP contribution in [0.5, 0.6) is 0 Å². The molecule has 0 aromatic heterocycles. The summed E-state index contributed by atoms with van der Waals surface area (Å²) in [7, 11) is 0. The summed E-state index contributed by atoms with van der Waals surface area (Å²) in [5.41, 5.74) is 0.325. The highest BCUT2D eigenvalue weighted by Crippen LogP contribution is 2.20. The van der Waals surface area contributed by atoms with E-state index in [1.807, 2.05) is 4.90 Å². The van der Waals surface area contributed by atoms with Gasteiger partial charge in [0.05, 0.1) is 17.1 Å². The second-order valence-electron chi connectivity index (χ2n) is 5.46. The van der Waals surface area contributed by atoms with Gasteiger partial charge in [0.1, 0.15) is 0 Å². The molecule has 0 spiro atoms. The Labute approximate surface area is 140 Å². The van der Waals surface area contributed by atoms with Gasteiger partial charge in [-0.2, -0.15) is 0 Å². The van der Waals surface area contributed by atoms with Crippen molar-refractivity contribution in [1.29, 1.82) is 0 Å². The zero-order chi connectivity index (χ0) is 15.9. The first-order chi connectivity index (χ1) is 10.6. The van der Waals surface area contributed by atoms with Crippen LogP contribution in [0.25, 0.3) is 0 Å². The normalized spacial score (nSPS) is 15.8. The second kappa shape index (κ2) is 8.39. The van der Waals surface area contributed by atoms with Crippen molar-refractivity contribution in [2.75, 3.05) is 19.6 Å². The number of likely N-dealkylation sites (tertiary alicyclic amines) is 1. The summed E-state index contributed by atoms with van der Waals surface area (Å²) in [6.07, 6.45) is 5.63. The molecule has 2 amide bonds. The lowest BCUT2D eigenvalue weighted by atomic mass is 10.1. The third-order valence-electron chi connectivity index (χ3n) is 3.78. The number of benzene rings is 1. The van der Waals surface area contributed by atoms with Crippen LogP contribution in [-0.4, -0.2) is 36.3 Å². The van der Waals surface area contributed by atoms with Crippen molar-refractivity contribution in [1.82, 2.24) is 10.2 Å². The van der Waals surface area contributed by atoms with E-state index in [9.17, 15) is 9.59 Å². The first-order valence-electron chi connectivity index (χ1n) is 7.59. The van der Waals surface area contributed by atoms with E-state index in [-0.39, 0.29) is 23.4 Å². The maximum Gasteiger partial charge on any atom is 0.253 e. The van der Waals surface area contributed by atoms with Gasteiger partial charge in [-0.1, -0.05) is 42.5 Å². The highest BCUT2D eigenvalue weighted by molar-refractivity contribution is 6.36. The van der Waals surface area contributed by atoms with Gasteiger partial charge in [0.2, 0.25) is 5.91 Å². The minimum absolute atomic E-state index is 0.00219. The summed E-state index contributed by atoms with van der Waals surface area (Å²) >= 11 is 11.8. The zero-order valence-corrected chi connectivity index (χ0v) is 13.9. The van der Waals surface area contributed by atoms with E-state index in [1.54, 1.807) is 12.1 Å². The fourth-order valence-electron chi connectivity index (χ4n) is 2.53. The van der Waals surface area contributed by atoms with Crippen LogP contribution in [0.3, 0.4) is 0 Å². The molecule has 2 rings (SSSR count). The summed E-state index contributed by atoms with van der Waals surface area (Å²) in [6, 6.07) is 4.67. The van der Waals surface area contributed by atoms with Gasteiger partial charge in [-0.25, -0.2) is 0 Å². The van der Waals surface area contributed by atoms with Crippen LogP contribution in [0.1, 0.15) is 42.5 Å². The van der Waals surface area contributed by atoms with E-state index in [2.05, 4.69) is 5.32 Å². The monoisotopic (exact) mass is 342 g/mol. The molecular weight excluding hydrogens is 323 g/mol. The third-order valence-corrected chi connectivity index (χ3v) is 4.33. The van der Waals surface area contributed by atoms with Crippen molar-refractivity contribution in [3.63, 3.8) is 0 Å². The van der Waals surface area contributed by atoms with Gasteiger partial charge in [-0.3, -0.25) is 9.59 Å². The molecule has 1 aromatic carbocycles. The van der Waals surface area contributed by atoms with Crippen molar-refractivity contribution < 1.29 is 9.59 Å². The van der Waals surface area contributed by atoms with Crippen LogP contribution in [-0.2, 0) is 4.79 Å². The Morgan fingerprint density at radius 2 is 1.68 bits per heavy atom. The quantitative estimate of drug-likeness (QED) is 0.913. The van der Waals surface area contributed by atoms with E-state index in [4.69, 9.17) is 23.2 Å². The van der Waals surface area contributed by atoms with Crippen LogP contribution in [0.4, 0.5) is 0 Å². The SMILES string of the molecule is O=C(NCC(=O)N1CCCCCCC1)c1ccc(Cl)cc1Cl. The van der Waals surface area contributed by atoms with Crippen LogP contribution in [0, 0.1) is 0 Å². The molecule has 1 aliphatic heterocycles. The van der Waals surface area contributed by atoms with E-state index in [0.717, 1.165) is 38.8 Å². The van der Waals surface area contributed by atoms with Crippen molar-refractivity contribution in [3.05, 3.63) is 33.8 Å². The number of rotatable bonds is 3. The first kappa shape index (κ1) is 17.1. The smallest absolute Gasteiger partial charge is 0.253 e. The lowest BCUT2D eigenvalue weighted by Gasteiger charge is -2.24. The Morgan fingerprint density at radius 1 is 1.05 bits per heavy atom. The number of nitrogens with one attached hydrogen (secondary N) is 1. The predicted octanol–water partition coefficient (Wildman–Crippen LogP) is 3.52. The van der Waals surface area contributed by atoms with Crippen LogP contribution in [0.15, 0.2) is 18.2 Å². The van der Waals surface area contributed by atoms with Crippen LogP contribution in [0.2, 0.25) is 10.0 Å². The molecule has 1 saturated heterocycles. The van der Waals surface area contributed by atoms with Gasteiger partial charge in [-0.05, 0) is 31.0 Å². The summed E-state index contributed by atoms with van der Waals surface area (Å²) in [5.74, 6) is -0.401. The van der Waals surface area contributed by atoms with Crippen molar-refractivity contribution in [3.8, 4) is 0 Å². The molecule has 0 bridgehead atoms. The highest BCUT2D eigenvalue weighted by atomic mass is 35.5. The number of hydrogen-bond acceptors (Lipinski definition) is 2. The van der Waals surface area contributed by atoms with E-state index < -0.39 is 0 Å². The molecule has 0 saturated carbocycles. The molecule has 0 radical (unpaired) electrons. The Hall–Kier alpha value is -1.26. The number of halogens is 2. The van der Waals surface area contributed by atoms with Crippen molar-refractivity contribution >= 4 is 35.0 Å². The molecule has 1 aromatic rings. The maximum atomic E-state index is 12.2. The molecule has 120 valence electrons. The molecular formula is C16H20Cl2N2O2. The van der Waals surface area contributed by atoms with E-state index >= 15 is 0 Å². The maximum absolute atomic E-state index is 12.2. The summed E-state index contributed by atoms with van der Waals surface area (Å²) in [5, 5.41) is 3.39. The summed E-state index contributed by atoms with van der Waals surface area (Å²) < 4.78 is 0. The van der Waals surface area contributed by atoms with Gasteiger partial charge in [0.15, 0.2) is 0 Å². The van der Waals surface area contributed by atoms with Crippen LogP contribution < -0.4 is 5.32 Å². The van der Waals surface area contributed by atoms with Gasteiger partial charge in [0.25, 0.3) is 5.91 Å². The van der Waals surface area contributed by atoms with E-state index in [0.29, 0.717) is 10.6 Å². The van der Waals surface area contributed by atoms with Gasteiger partial charge in [0, 0.05) is 18.1 Å². The predicted molar refractivity (Wildman–Crippen MR) is 88.5 cm³/mol. The Morgan fingerprint density at radius 3 is 2.32 bits per heavy atom. The molecule has 4 nitrogen and oxygen atoms in total. The topological polar surface area (TPSA) is 49.4 Å². The fraction of sp³-hybridized carbons (Fsp3) is 0.500. The molecule has 1 aliphatic rings. The minimum atomic E-state index is -0.359. The molecule has 1 fully saturated rings. The molecule has 0 unspecified atom stereocenters. The standard InChI is InChI=1S/C16H20Cl2N2O2/c17-12-6-7-13(14(18)10-12)16(22)19-11-15(21)20-8-4-2-1-3-5-9-20/h6-7,10H,1-5,8-9,11H2,(H,19,22). The summed E-state index contributed by atoms with van der Waals surface area (Å²) in [4.78, 5) is 26.1. The lowest BCUT2D eigenvalue weighted by molar-refractivity contribution is -0.130. The molecule has 1 N–H and O–H groups in total. The minimum Gasteiger partial charge on any atom is -0.343 e. The largest absolute Gasteiger partial charge is 0.343 e. The first-order valence-corrected chi connectivity index (χ1v) is 8.34. The lowest BCUT2D eigenvalue weighted by Crippen LogP contribution is -2.41. The second-order valence-corrected chi connectivity index (χ2v) is 6.30. The van der Waals surface area contributed by atoms with Gasteiger partial charge in [-0.15, -0.1) is 0 Å². The van der Waals surface area contributed by atoms with Gasteiger partial charge >= 0.3 is 0 Å². The Bertz CT molecular complexity index is 541. The third kappa shape index (κ3) is 4.89. The zero-order valence-electron chi connectivity index (χ0n) is 12.4. The number of nitrogens with zero attached hydrogens (tertiary/aromatic N) is 1. The average molecular weight is 343 g/mol. The van der Waals surface area contributed by atoms with Gasteiger partial charge < -0.3 is 10.2 Å². The summed E-state index contributed by atoms with van der Waals surface area (Å²) in [6.45, 7) is 1.55. The molecule has 0 aliphatic carbocycles. The van der Waals surface area contributed by atoms with Crippen molar-refractivity contribution in [2.24, 2.45) is 0 Å². The molecule has 0 atom stereocenters. The average Bonchev–Trinajstić information content (AvgIpc) is 2.44. The number of amides is 2. The Kier molecular flexibility index (Phi) is 6.52. The van der Waals surface area contributed by atoms with Crippen LogP contribution >= 0.6 is 23.2 Å². The number of carbonyl (C=O) groups excluding carboxylic acids is 2. The fourth-order valence-corrected chi connectivity index (χ4v) is 3.03. The molecule has 1 heterocycles.